The number of halogens is 1. The van der Waals surface area contributed by atoms with Crippen LogP contribution in [-0.4, -0.2) is 54.6 Å². The summed E-state index contributed by atoms with van der Waals surface area (Å²) in [7, 11) is 0. The normalized spacial score (nSPS) is 16.6. The van der Waals surface area contributed by atoms with Gasteiger partial charge in [0, 0.05) is 23.5 Å². The summed E-state index contributed by atoms with van der Waals surface area (Å²) < 4.78 is 30.9. The second-order valence-electron chi connectivity index (χ2n) is 9.66. The van der Waals surface area contributed by atoms with Crippen molar-refractivity contribution < 1.29 is 28.2 Å². The minimum Gasteiger partial charge on any atom is -0.488 e. The smallest absolute Gasteiger partial charge is 0.254 e. The third kappa shape index (κ3) is 5.48. The second kappa shape index (κ2) is 11.4. The molecular formula is C29H31FN2O5S. The average molecular weight is 539 g/mol. The maximum Gasteiger partial charge on any atom is 0.254 e. The van der Waals surface area contributed by atoms with Crippen LogP contribution >= 0.6 is 11.3 Å². The van der Waals surface area contributed by atoms with Gasteiger partial charge in [-0.15, -0.1) is 11.3 Å². The predicted molar refractivity (Wildman–Crippen MR) is 142 cm³/mol. The Bertz CT molecular complexity index is 1310. The first-order chi connectivity index (χ1) is 18.4. The number of benzene rings is 2. The van der Waals surface area contributed by atoms with Gasteiger partial charge in [-0.05, 0) is 59.7 Å². The summed E-state index contributed by atoms with van der Waals surface area (Å²) >= 11 is 1.65. The standard InChI is InChI=1S/C29H31FN2O5S/c1-3-19(2)15-31(29(34)20-8-9-25-26(14-20)37-18-36-25)16-28(33)32-12-10-27-21(11-13-38-27)23(32)17-35-24-7-5-4-6-22(24)30/h4-9,11,13-14,19,23H,3,10,12,15-18H2,1-2H3/t19-,23-/m0/s1. The Labute approximate surface area is 225 Å². The number of fused-ring (bicyclic) bond motifs is 2. The molecule has 38 heavy (non-hydrogen) atoms. The Morgan fingerprint density at radius 1 is 1.18 bits per heavy atom. The summed E-state index contributed by atoms with van der Waals surface area (Å²) in [5.41, 5.74) is 1.46. The van der Waals surface area contributed by atoms with Gasteiger partial charge in [-0.1, -0.05) is 32.4 Å². The lowest BCUT2D eigenvalue weighted by Crippen LogP contribution is -2.48. The van der Waals surface area contributed by atoms with Crippen LogP contribution in [0.5, 0.6) is 17.2 Å². The number of amides is 2. The van der Waals surface area contributed by atoms with Crippen molar-refractivity contribution in [3.05, 3.63) is 75.7 Å². The minimum atomic E-state index is -0.444. The topological polar surface area (TPSA) is 68.3 Å². The van der Waals surface area contributed by atoms with E-state index in [1.54, 1.807) is 57.5 Å². The quantitative estimate of drug-likeness (QED) is 0.370. The number of hydrogen-bond acceptors (Lipinski definition) is 6. The van der Waals surface area contributed by atoms with Crippen molar-refractivity contribution in [2.45, 2.75) is 32.7 Å². The Morgan fingerprint density at radius 2 is 2.00 bits per heavy atom. The van der Waals surface area contributed by atoms with E-state index in [9.17, 15) is 14.0 Å². The highest BCUT2D eigenvalue weighted by Crippen LogP contribution is 2.35. The summed E-state index contributed by atoms with van der Waals surface area (Å²) in [5, 5.41) is 2.01. The molecule has 0 saturated heterocycles. The predicted octanol–water partition coefficient (Wildman–Crippen LogP) is 5.31. The highest BCUT2D eigenvalue weighted by Gasteiger charge is 2.34. The largest absolute Gasteiger partial charge is 0.488 e. The molecule has 200 valence electrons. The van der Waals surface area contributed by atoms with E-state index in [1.807, 2.05) is 11.4 Å². The van der Waals surface area contributed by atoms with E-state index in [-0.39, 0.29) is 49.5 Å². The van der Waals surface area contributed by atoms with Crippen molar-refractivity contribution in [2.75, 3.05) is 33.0 Å². The van der Waals surface area contributed by atoms with E-state index in [0.29, 0.717) is 30.2 Å². The third-order valence-electron chi connectivity index (χ3n) is 7.11. The summed E-state index contributed by atoms with van der Waals surface area (Å²) in [5.74, 6) is 0.650. The molecule has 3 heterocycles. The molecule has 1 aromatic heterocycles. The summed E-state index contributed by atoms with van der Waals surface area (Å²) in [6, 6.07) is 13.0. The van der Waals surface area contributed by atoms with Gasteiger partial charge >= 0.3 is 0 Å². The summed E-state index contributed by atoms with van der Waals surface area (Å²) in [6.07, 6.45) is 1.61. The van der Waals surface area contributed by atoms with E-state index < -0.39 is 5.82 Å². The molecule has 7 nitrogen and oxygen atoms in total. The van der Waals surface area contributed by atoms with E-state index in [0.717, 1.165) is 18.4 Å². The lowest BCUT2D eigenvalue weighted by atomic mass is 10.00. The molecule has 2 aliphatic rings. The van der Waals surface area contributed by atoms with Gasteiger partial charge in [-0.2, -0.15) is 0 Å². The van der Waals surface area contributed by atoms with Crippen LogP contribution in [0.15, 0.2) is 53.9 Å². The molecule has 0 unspecified atom stereocenters. The molecule has 2 aromatic carbocycles. The summed E-state index contributed by atoms with van der Waals surface area (Å²) in [4.78, 5) is 32.0. The third-order valence-corrected chi connectivity index (χ3v) is 8.11. The molecule has 3 aromatic rings. The maximum absolute atomic E-state index is 14.2. The minimum absolute atomic E-state index is 0.0622. The molecule has 0 radical (unpaired) electrons. The van der Waals surface area contributed by atoms with Crippen molar-refractivity contribution in [3.8, 4) is 17.2 Å². The van der Waals surface area contributed by atoms with Crippen molar-refractivity contribution >= 4 is 23.2 Å². The molecule has 5 rings (SSSR count). The van der Waals surface area contributed by atoms with Crippen molar-refractivity contribution in [1.29, 1.82) is 0 Å². The van der Waals surface area contributed by atoms with Gasteiger partial charge in [0.05, 0.1) is 6.04 Å². The van der Waals surface area contributed by atoms with Gasteiger partial charge in [0.1, 0.15) is 13.2 Å². The lowest BCUT2D eigenvalue weighted by molar-refractivity contribution is -0.135. The van der Waals surface area contributed by atoms with E-state index >= 15 is 0 Å². The zero-order valence-electron chi connectivity index (χ0n) is 21.5. The number of carbonyl (C=O) groups is 2. The Balaban J connectivity index is 1.36. The monoisotopic (exact) mass is 538 g/mol. The zero-order chi connectivity index (χ0) is 26.6. The molecule has 0 aliphatic carbocycles. The van der Waals surface area contributed by atoms with Crippen LogP contribution in [0.1, 0.15) is 47.1 Å². The second-order valence-corrected chi connectivity index (χ2v) is 10.7. The van der Waals surface area contributed by atoms with Crippen LogP contribution in [0.2, 0.25) is 0 Å². The van der Waals surface area contributed by atoms with Gasteiger partial charge in [0.15, 0.2) is 23.1 Å². The highest BCUT2D eigenvalue weighted by atomic mass is 32.1. The maximum atomic E-state index is 14.2. The fourth-order valence-electron chi connectivity index (χ4n) is 4.80. The number of hydrogen-bond donors (Lipinski definition) is 0. The lowest BCUT2D eigenvalue weighted by Gasteiger charge is -2.37. The Kier molecular flexibility index (Phi) is 7.83. The molecule has 0 saturated carbocycles. The van der Waals surface area contributed by atoms with Crippen LogP contribution in [0, 0.1) is 11.7 Å². The zero-order valence-corrected chi connectivity index (χ0v) is 22.3. The van der Waals surface area contributed by atoms with E-state index in [4.69, 9.17) is 14.2 Å². The number of nitrogens with zero attached hydrogens (tertiary/aromatic N) is 2. The highest BCUT2D eigenvalue weighted by molar-refractivity contribution is 7.10. The Hall–Kier alpha value is -3.59. The van der Waals surface area contributed by atoms with Gasteiger partial charge in [-0.3, -0.25) is 9.59 Å². The molecule has 2 amide bonds. The van der Waals surface area contributed by atoms with Crippen molar-refractivity contribution in [3.63, 3.8) is 0 Å². The first kappa shape index (κ1) is 26.0. The summed E-state index contributed by atoms with van der Waals surface area (Å²) in [6.45, 7) is 5.27. The molecule has 0 bridgehead atoms. The molecule has 0 N–H and O–H groups in total. The van der Waals surface area contributed by atoms with Crippen LogP contribution in [-0.2, 0) is 11.2 Å². The first-order valence-corrected chi connectivity index (χ1v) is 13.7. The van der Waals surface area contributed by atoms with Gasteiger partial charge in [-0.25, -0.2) is 4.39 Å². The first-order valence-electron chi connectivity index (χ1n) is 12.9. The van der Waals surface area contributed by atoms with Crippen LogP contribution in [0.25, 0.3) is 0 Å². The van der Waals surface area contributed by atoms with E-state index in [2.05, 4.69) is 13.8 Å². The number of para-hydroxylation sites is 1. The number of rotatable bonds is 9. The van der Waals surface area contributed by atoms with Crippen molar-refractivity contribution in [1.82, 2.24) is 9.80 Å². The molecule has 2 aliphatic heterocycles. The number of ether oxygens (including phenoxy) is 3. The van der Waals surface area contributed by atoms with Crippen LogP contribution < -0.4 is 14.2 Å². The Morgan fingerprint density at radius 3 is 2.82 bits per heavy atom. The van der Waals surface area contributed by atoms with Gasteiger partial charge in [0.2, 0.25) is 12.7 Å². The number of thiophene rings is 1. The molecular weight excluding hydrogens is 507 g/mol. The SMILES string of the molecule is CC[C@H](C)CN(CC(=O)N1CCc2sccc2[C@@H]1COc1ccccc1F)C(=O)c1ccc2c(c1)OCO2. The fraction of sp³-hybridized carbons (Fsp3) is 0.379. The van der Waals surface area contributed by atoms with Crippen molar-refractivity contribution in [2.24, 2.45) is 5.92 Å². The van der Waals surface area contributed by atoms with Gasteiger partial charge < -0.3 is 24.0 Å². The fourth-order valence-corrected chi connectivity index (χ4v) is 5.72. The molecule has 0 fully saturated rings. The molecule has 2 atom stereocenters. The average Bonchev–Trinajstić information content (AvgIpc) is 3.60. The van der Waals surface area contributed by atoms with E-state index in [1.165, 1.54) is 10.9 Å². The molecule has 0 spiro atoms. The molecule has 9 heteroatoms. The number of carbonyl (C=O) groups excluding carboxylic acids is 2. The van der Waals surface area contributed by atoms with Crippen LogP contribution in [0.3, 0.4) is 0 Å². The van der Waals surface area contributed by atoms with Gasteiger partial charge in [0.25, 0.3) is 5.91 Å². The van der Waals surface area contributed by atoms with Crippen LogP contribution in [0.4, 0.5) is 4.39 Å².